The smallest absolute Gasteiger partial charge is 0.246 e. The van der Waals surface area contributed by atoms with Crippen LogP contribution in [0.2, 0.25) is 0 Å². The number of aromatic nitrogens is 3. The zero-order chi connectivity index (χ0) is 16.6. The van der Waals surface area contributed by atoms with E-state index >= 15 is 0 Å². The van der Waals surface area contributed by atoms with E-state index in [0.717, 1.165) is 5.13 Å². The van der Waals surface area contributed by atoms with Crippen molar-refractivity contribution in [3.8, 4) is 0 Å². The second kappa shape index (κ2) is 6.21. The molecule has 3 rings (SSSR count). The molecule has 3 heterocycles. The quantitative estimate of drug-likeness (QED) is 0.835. The number of nitrogens with zero attached hydrogens (tertiary/aromatic N) is 5. The molecule has 1 fully saturated rings. The van der Waals surface area contributed by atoms with E-state index in [4.69, 9.17) is 0 Å². The van der Waals surface area contributed by atoms with Crippen LogP contribution in [0.1, 0.15) is 25.6 Å². The van der Waals surface area contributed by atoms with E-state index in [-0.39, 0.29) is 6.04 Å². The molecular formula is C14H21N5O2S2. The molecule has 0 amide bonds. The van der Waals surface area contributed by atoms with Crippen LogP contribution in [0.15, 0.2) is 22.7 Å². The fourth-order valence-corrected chi connectivity index (χ4v) is 4.89. The minimum atomic E-state index is -3.49. The zero-order valence-corrected chi connectivity index (χ0v) is 15.1. The lowest BCUT2D eigenvalue weighted by Gasteiger charge is -2.33. The number of rotatable bonds is 4. The van der Waals surface area contributed by atoms with Crippen molar-refractivity contribution in [2.24, 2.45) is 0 Å². The van der Waals surface area contributed by atoms with Crippen LogP contribution in [-0.4, -0.2) is 53.7 Å². The highest BCUT2D eigenvalue weighted by molar-refractivity contribution is 7.89. The van der Waals surface area contributed by atoms with Gasteiger partial charge in [-0.15, -0.1) is 11.3 Å². The van der Waals surface area contributed by atoms with E-state index in [0.29, 0.717) is 36.8 Å². The Morgan fingerprint density at radius 2 is 1.91 bits per heavy atom. The Morgan fingerprint density at radius 1 is 1.22 bits per heavy atom. The largest absolute Gasteiger partial charge is 0.345 e. The predicted octanol–water partition coefficient (Wildman–Crippen LogP) is 1.74. The Balaban J connectivity index is 1.77. The van der Waals surface area contributed by atoms with Gasteiger partial charge in [-0.05, 0) is 20.8 Å². The summed E-state index contributed by atoms with van der Waals surface area (Å²) >= 11 is 1.58. The molecule has 23 heavy (non-hydrogen) atoms. The predicted molar refractivity (Wildman–Crippen MR) is 90.4 cm³/mol. The Bertz CT molecular complexity index is 759. The van der Waals surface area contributed by atoms with Crippen LogP contribution in [0.4, 0.5) is 5.13 Å². The van der Waals surface area contributed by atoms with Gasteiger partial charge in [-0.25, -0.2) is 13.4 Å². The molecule has 0 unspecified atom stereocenters. The van der Waals surface area contributed by atoms with Gasteiger partial charge < -0.3 is 4.90 Å². The average molecular weight is 355 g/mol. The van der Waals surface area contributed by atoms with Gasteiger partial charge in [0, 0.05) is 50.0 Å². The molecule has 0 saturated carbocycles. The monoisotopic (exact) mass is 355 g/mol. The summed E-state index contributed by atoms with van der Waals surface area (Å²) in [6.07, 6.45) is 3.41. The molecule has 0 aliphatic carbocycles. The second-order valence-electron chi connectivity index (χ2n) is 5.86. The molecule has 126 valence electrons. The third-order valence-electron chi connectivity index (χ3n) is 3.95. The summed E-state index contributed by atoms with van der Waals surface area (Å²) < 4.78 is 29.0. The van der Waals surface area contributed by atoms with Gasteiger partial charge in [0.1, 0.15) is 4.90 Å². The fourth-order valence-electron chi connectivity index (χ4n) is 2.61. The van der Waals surface area contributed by atoms with Gasteiger partial charge in [0.25, 0.3) is 0 Å². The highest BCUT2D eigenvalue weighted by Crippen LogP contribution is 2.24. The van der Waals surface area contributed by atoms with Gasteiger partial charge in [-0.2, -0.15) is 9.40 Å². The number of sulfonamides is 1. The molecule has 0 spiro atoms. The number of anilines is 1. The Hall–Kier alpha value is -1.45. The van der Waals surface area contributed by atoms with Gasteiger partial charge in [-0.1, -0.05) is 0 Å². The summed E-state index contributed by atoms with van der Waals surface area (Å²) in [6.45, 7) is 7.96. The second-order valence-corrected chi connectivity index (χ2v) is 8.64. The van der Waals surface area contributed by atoms with Gasteiger partial charge in [-0.3, -0.25) is 4.68 Å². The maximum absolute atomic E-state index is 12.9. The van der Waals surface area contributed by atoms with E-state index in [9.17, 15) is 8.42 Å². The molecular weight excluding hydrogens is 334 g/mol. The zero-order valence-electron chi connectivity index (χ0n) is 13.5. The van der Waals surface area contributed by atoms with Crippen molar-refractivity contribution in [3.05, 3.63) is 23.5 Å². The average Bonchev–Trinajstić information content (AvgIpc) is 3.17. The summed E-state index contributed by atoms with van der Waals surface area (Å²) in [4.78, 5) is 6.73. The standard InChI is InChI=1S/C14H21N5O2S2/c1-11(2)19-10-13(12(3)16-19)23(20,21)18-7-5-17(6-8-18)14-15-4-9-22-14/h4,9-11H,5-8H2,1-3H3. The molecule has 9 heteroatoms. The van der Waals surface area contributed by atoms with Crippen LogP contribution < -0.4 is 4.90 Å². The van der Waals surface area contributed by atoms with Crippen molar-refractivity contribution in [1.29, 1.82) is 0 Å². The summed E-state index contributed by atoms with van der Waals surface area (Å²) in [5, 5.41) is 7.20. The summed E-state index contributed by atoms with van der Waals surface area (Å²) in [5.41, 5.74) is 0.557. The molecule has 2 aromatic heterocycles. The number of piperazine rings is 1. The minimum Gasteiger partial charge on any atom is -0.345 e. The third-order valence-corrected chi connectivity index (χ3v) is 6.78. The van der Waals surface area contributed by atoms with Crippen LogP contribution in [-0.2, 0) is 10.0 Å². The molecule has 2 aromatic rings. The van der Waals surface area contributed by atoms with E-state index in [2.05, 4.69) is 15.0 Å². The lowest BCUT2D eigenvalue weighted by molar-refractivity contribution is 0.384. The first kappa shape index (κ1) is 16.4. The maximum atomic E-state index is 12.9. The molecule has 1 aliphatic rings. The lowest BCUT2D eigenvalue weighted by Crippen LogP contribution is -2.48. The molecule has 1 saturated heterocycles. The number of thiazole rings is 1. The first-order valence-electron chi connectivity index (χ1n) is 7.60. The highest BCUT2D eigenvalue weighted by atomic mass is 32.2. The van der Waals surface area contributed by atoms with Gasteiger partial charge in [0.15, 0.2) is 5.13 Å². The van der Waals surface area contributed by atoms with Crippen molar-refractivity contribution in [2.45, 2.75) is 31.7 Å². The Kier molecular flexibility index (Phi) is 4.43. The Labute approximate surface area is 140 Å². The van der Waals surface area contributed by atoms with Crippen molar-refractivity contribution >= 4 is 26.5 Å². The molecule has 1 aliphatic heterocycles. The maximum Gasteiger partial charge on any atom is 0.246 e. The molecule has 0 bridgehead atoms. The molecule has 0 aromatic carbocycles. The minimum absolute atomic E-state index is 0.138. The molecule has 7 nitrogen and oxygen atoms in total. The van der Waals surface area contributed by atoms with Crippen LogP contribution in [0, 0.1) is 6.92 Å². The number of hydrogen-bond acceptors (Lipinski definition) is 6. The summed E-state index contributed by atoms with van der Waals surface area (Å²) in [7, 11) is -3.49. The normalized spacial score (nSPS) is 17.1. The van der Waals surface area contributed by atoms with Crippen LogP contribution >= 0.6 is 11.3 Å². The third kappa shape index (κ3) is 3.13. The van der Waals surface area contributed by atoms with Crippen LogP contribution in [0.5, 0.6) is 0 Å². The van der Waals surface area contributed by atoms with Crippen molar-refractivity contribution in [2.75, 3.05) is 31.1 Å². The van der Waals surface area contributed by atoms with Crippen molar-refractivity contribution in [1.82, 2.24) is 19.1 Å². The molecule has 0 N–H and O–H groups in total. The highest BCUT2D eigenvalue weighted by Gasteiger charge is 2.31. The Morgan fingerprint density at radius 3 is 2.43 bits per heavy atom. The van der Waals surface area contributed by atoms with Gasteiger partial charge in [0.05, 0.1) is 5.69 Å². The fraction of sp³-hybridized carbons (Fsp3) is 0.571. The topological polar surface area (TPSA) is 71.3 Å². The SMILES string of the molecule is Cc1nn(C(C)C)cc1S(=O)(=O)N1CCN(c2nccs2)CC1. The lowest BCUT2D eigenvalue weighted by atomic mass is 10.4. The summed E-state index contributed by atoms with van der Waals surface area (Å²) in [6, 6.07) is 0.138. The van der Waals surface area contributed by atoms with Crippen molar-refractivity contribution < 1.29 is 8.42 Å². The van der Waals surface area contributed by atoms with Gasteiger partial charge >= 0.3 is 0 Å². The van der Waals surface area contributed by atoms with E-state index < -0.39 is 10.0 Å². The molecule has 0 atom stereocenters. The first-order valence-corrected chi connectivity index (χ1v) is 9.92. The van der Waals surface area contributed by atoms with Crippen LogP contribution in [0.25, 0.3) is 0 Å². The van der Waals surface area contributed by atoms with Crippen LogP contribution in [0.3, 0.4) is 0 Å². The molecule has 0 radical (unpaired) electrons. The van der Waals surface area contributed by atoms with E-state index in [1.165, 1.54) is 0 Å². The first-order chi connectivity index (χ1) is 10.9. The van der Waals surface area contributed by atoms with Gasteiger partial charge in [0.2, 0.25) is 10.0 Å². The number of hydrogen-bond donors (Lipinski definition) is 0. The van der Waals surface area contributed by atoms with E-state index in [1.807, 2.05) is 19.2 Å². The number of aryl methyl sites for hydroxylation is 1. The van der Waals surface area contributed by atoms with Crippen molar-refractivity contribution in [3.63, 3.8) is 0 Å². The van der Waals surface area contributed by atoms with E-state index in [1.54, 1.807) is 39.6 Å². The summed E-state index contributed by atoms with van der Waals surface area (Å²) in [5.74, 6) is 0.